The fourth-order valence-electron chi connectivity index (χ4n) is 3.84. The van der Waals surface area contributed by atoms with E-state index in [0.29, 0.717) is 23.7 Å². The van der Waals surface area contributed by atoms with Crippen LogP contribution in [0.5, 0.6) is 5.75 Å². The number of hydrogen-bond acceptors (Lipinski definition) is 5. The van der Waals surface area contributed by atoms with Gasteiger partial charge < -0.3 is 4.74 Å². The third-order valence-electron chi connectivity index (χ3n) is 5.78. The standard InChI is InChI=1S/C26H26N4O4/c1-4-13-30-26(33)22-8-6-5-7-21(22)23(29-30)25(32)28-27-24(31)16(2)17-9-10-19-15-20(34-3)12-11-18(19)14-17/h5-12,14-16H,4,13H2,1-3H3,(H,27,31)(H,28,32)/t16-/m0/s1. The van der Waals surface area contributed by atoms with Gasteiger partial charge in [0.05, 0.1) is 18.4 Å². The summed E-state index contributed by atoms with van der Waals surface area (Å²) in [6.45, 7) is 4.08. The molecule has 34 heavy (non-hydrogen) atoms. The van der Waals surface area contributed by atoms with Crippen molar-refractivity contribution in [2.45, 2.75) is 32.7 Å². The molecule has 2 amide bonds. The monoisotopic (exact) mass is 458 g/mol. The minimum Gasteiger partial charge on any atom is -0.497 e. The highest BCUT2D eigenvalue weighted by atomic mass is 16.5. The maximum Gasteiger partial charge on any atom is 0.290 e. The predicted molar refractivity (Wildman–Crippen MR) is 131 cm³/mol. The predicted octanol–water partition coefficient (Wildman–Crippen LogP) is 3.53. The maximum atomic E-state index is 12.9. The Hall–Kier alpha value is -4.20. The van der Waals surface area contributed by atoms with E-state index >= 15 is 0 Å². The summed E-state index contributed by atoms with van der Waals surface area (Å²) in [6, 6.07) is 18.3. The van der Waals surface area contributed by atoms with E-state index < -0.39 is 11.8 Å². The van der Waals surface area contributed by atoms with Crippen LogP contribution in [0, 0.1) is 0 Å². The zero-order valence-electron chi connectivity index (χ0n) is 19.3. The molecule has 1 atom stereocenters. The zero-order chi connectivity index (χ0) is 24.2. The fourth-order valence-corrected chi connectivity index (χ4v) is 3.84. The Labute approximate surface area is 196 Å². The minimum absolute atomic E-state index is 0.0799. The largest absolute Gasteiger partial charge is 0.497 e. The minimum atomic E-state index is -0.591. The van der Waals surface area contributed by atoms with Crippen LogP contribution < -0.4 is 21.1 Å². The van der Waals surface area contributed by atoms with E-state index in [4.69, 9.17) is 4.74 Å². The van der Waals surface area contributed by atoms with Crippen molar-refractivity contribution in [3.63, 3.8) is 0 Å². The van der Waals surface area contributed by atoms with Crippen molar-refractivity contribution in [2.24, 2.45) is 0 Å². The van der Waals surface area contributed by atoms with Crippen molar-refractivity contribution in [3.8, 4) is 5.75 Å². The lowest BCUT2D eigenvalue weighted by Crippen LogP contribution is -2.44. The number of aryl methyl sites for hydroxylation is 1. The average molecular weight is 459 g/mol. The van der Waals surface area contributed by atoms with Gasteiger partial charge in [-0.15, -0.1) is 0 Å². The van der Waals surface area contributed by atoms with E-state index in [9.17, 15) is 14.4 Å². The number of benzene rings is 3. The number of methoxy groups -OCH3 is 1. The number of ether oxygens (including phenoxy) is 1. The number of rotatable bonds is 6. The molecule has 8 nitrogen and oxygen atoms in total. The van der Waals surface area contributed by atoms with Crippen LogP contribution in [0.1, 0.15) is 42.2 Å². The number of aromatic nitrogens is 2. The van der Waals surface area contributed by atoms with Gasteiger partial charge in [-0.3, -0.25) is 25.2 Å². The first kappa shape index (κ1) is 23.0. The Kier molecular flexibility index (Phi) is 6.58. The van der Waals surface area contributed by atoms with Crippen LogP contribution in [0.15, 0.2) is 65.5 Å². The Morgan fingerprint density at radius 2 is 1.71 bits per heavy atom. The summed E-state index contributed by atoms with van der Waals surface area (Å²) in [5, 5.41) is 7.08. The number of nitrogens with zero attached hydrogens (tertiary/aromatic N) is 2. The number of nitrogens with one attached hydrogen (secondary N) is 2. The molecule has 0 saturated heterocycles. The van der Waals surface area contributed by atoms with Crippen LogP contribution in [0.2, 0.25) is 0 Å². The van der Waals surface area contributed by atoms with Gasteiger partial charge in [0, 0.05) is 11.9 Å². The molecule has 0 saturated carbocycles. The number of amides is 2. The zero-order valence-corrected chi connectivity index (χ0v) is 19.3. The molecule has 0 bridgehead atoms. The van der Waals surface area contributed by atoms with Gasteiger partial charge in [-0.1, -0.05) is 49.4 Å². The number of carbonyl (C=O) groups excluding carboxylic acids is 2. The molecule has 0 spiro atoms. The lowest BCUT2D eigenvalue weighted by atomic mass is 9.97. The normalized spacial score (nSPS) is 11.9. The summed E-state index contributed by atoms with van der Waals surface area (Å²) in [4.78, 5) is 38.3. The lowest BCUT2D eigenvalue weighted by molar-refractivity contribution is -0.123. The second-order valence-corrected chi connectivity index (χ2v) is 8.06. The first-order valence-electron chi connectivity index (χ1n) is 11.1. The van der Waals surface area contributed by atoms with Crippen molar-refractivity contribution < 1.29 is 14.3 Å². The first-order chi connectivity index (χ1) is 16.4. The highest BCUT2D eigenvalue weighted by Gasteiger charge is 2.20. The van der Waals surface area contributed by atoms with Crippen molar-refractivity contribution in [3.05, 3.63) is 82.3 Å². The molecule has 4 aromatic rings. The van der Waals surface area contributed by atoms with Gasteiger partial charge in [0.25, 0.3) is 11.5 Å². The molecule has 174 valence electrons. The molecule has 0 aliphatic heterocycles. The summed E-state index contributed by atoms with van der Waals surface area (Å²) in [5.41, 5.74) is 5.58. The van der Waals surface area contributed by atoms with E-state index in [1.165, 1.54) is 4.68 Å². The summed E-state index contributed by atoms with van der Waals surface area (Å²) in [5.74, 6) is -0.703. The van der Waals surface area contributed by atoms with Gasteiger partial charge in [0.2, 0.25) is 5.91 Å². The van der Waals surface area contributed by atoms with Crippen molar-refractivity contribution >= 4 is 33.4 Å². The third kappa shape index (κ3) is 4.47. The highest BCUT2D eigenvalue weighted by molar-refractivity contribution is 6.05. The highest BCUT2D eigenvalue weighted by Crippen LogP contribution is 2.25. The van der Waals surface area contributed by atoms with Gasteiger partial charge >= 0.3 is 0 Å². The number of fused-ring (bicyclic) bond motifs is 2. The number of carbonyl (C=O) groups is 2. The summed E-state index contributed by atoms with van der Waals surface area (Å²) in [7, 11) is 1.62. The Morgan fingerprint density at radius 3 is 2.44 bits per heavy atom. The molecule has 0 unspecified atom stereocenters. The molecule has 4 rings (SSSR count). The van der Waals surface area contributed by atoms with Crippen LogP contribution in [0.25, 0.3) is 21.5 Å². The second-order valence-electron chi connectivity index (χ2n) is 8.06. The van der Waals surface area contributed by atoms with E-state index in [1.54, 1.807) is 38.3 Å². The van der Waals surface area contributed by atoms with Crippen LogP contribution in [0.3, 0.4) is 0 Å². The molecule has 0 aliphatic rings. The molecule has 0 aliphatic carbocycles. The van der Waals surface area contributed by atoms with Crippen LogP contribution in [0.4, 0.5) is 0 Å². The number of hydrazine groups is 1. The van der Waals surface area contributed by atoms with Gasteiger partial charge in [0.15, 0.2) is 5.69 Å². The Bertz CT molecular complexity index is 1440. The van der Waals surface area contributed by atoms with Crippen molar-refractivity contribution in [1.82, 2.24) is 20.6 Å². The van der Waals surface area contributed by atoms with E-state index in [0.717, 1.165) is 22.1 Å². The van der Waals surface area contributed by atoms with E-state index in [2.05, 4.69) is 16.0 Å². The molecule has 1 heterocycles. The van der Waals surface area contributed by atoms with Gasteiger partial charge in [-0.2, -0.15) is 5.10 Å². The van der Waals surface area contributed by atoms with E-state index in [1.807, 2.05) is 43.3 Å². The molecule has 0 radical (unpaired) electrons. The quantitative estimate of drug-likeness (QED) is 0.431. The Morgan fingerprint density at radius 1 is 1.00 bits per heavy atom. The third-order valence-corrected chi connectivity index (χ3v) is 5.78. The SMILES string of the molecule is CCCn1nc(C(=O)NNC(=O)[C@@H](C)c2ccc3cc(OC)ccc3c2)c2ccccc2c1=O. The van der Waals surface area contributed by atoms with Gasteiger partial charge in [0.1, 0.15) is 5.75 Å². The van der Waals surface area contributed by atoms with Crippen molar-refractivity contribution in [2.75, 3.05) is 7.11 Å². The van der Waals surface area contributed by atoms with Crippen LogP contribution in [-0.4, -0.2) is 28.7 Å². The second kappa shape index (κ2) is 9.74. The molecule has 8 heteroatoms. The molecule has 2 N–H and O–H groups in total. The Balaban J connectivity index is 1.52. The van der Waals surface area contributed by atoms with Gasteiger partial charge in [-0.25, -0.2) is 4.68 Å². The first-order valence-corrected chi connectivity index (χ1v) is 11.1. The number of hydrogen-bond donors (Lipinski definition) is 2. The summed E-state index contributed by atoms with van der Waals surface area (Å²) in [6.07, 6.45) is 0.694. The van der Waals surface area contributed by atoms with Crippen LogP contribution in [-0.2, 0) is 11.3 Å². The molecule has 1 aromatic heterocycles. The summed E-state index contributed by atoms with van der Waals surface area (Å²) >= 11 is 0. The molecular weight excluding hydrogens is 432 g/mol. The topological polar surface area (TPSA) is 102 Å². The summed E-state index contributed by atoms with van der Waals surface area (Å²) < 4.78 is 6.54. The molecule has 3 aromatic carbocycles. The smallest absolute Gasteiger partial charge is 0.290 e. The fraction of sp³-hybridized carbons (Fsp3) is 0.231. The van der Waals surface area contributed by atoms with E-state index in [-0.39, 0.29) is 17.2 Å². The van der Waals surface area contributed by atoms with Gasteiger partial charge in [-0.05, 0) is 47.9 Å². The lowest BCUT2D eigenvalue weighted by Gasteiger charge is -2.15. The maximum absolute atomic E-state index is 12.9. The van der Waals surface area contributed by atoms with Crippen molar-refractivity contribution in [1.29, 1.82) is 0 Å². The average Bonchev–Trinajstić information content (AvgIpc) is 2.87. The van der Waals surface area contributed by atoms with Crippen LogP contribution >= 0.6 is 0 Å². The molecule has 0 fully saturated rings. The molecular formula is C26H26N4O4.